The molecule has 0 bridgehead atoms. The van der Waals surface area contributed by atoms with Crippen molar-refractivity contribution in [2.45, 2.75) is 26.0 Å². The van der Waals surface area contributed by atoms with Gasteiger partial charge in [0.25, 0.3) is 0 Å². The summed E-state index contributed by atoms with van der Waals surface area (Å²) in [6.07, 6.45) is -0.796. The maximum Gasteiger partial charge on any atom is 0.129 e. The molecule has 3 nitrogen and oxygen atoms in total. The van der Waals surface area contributed by atoms with E-state index in [-0.39, 0.29) is 5.82 Å². The molecule has 0 aliphatic carbocycles. The third kappa shape index (κ3) is 4.72. The summed E-state index contributed by atoms with van der Waals surface area (Å²) >= 11 is 0. The van der Waals surface area contributed by atoms with Gasteiger partial charge in [0.2, 0.25) is 0 Å². The average molecular weight is 254 g/mol. The van der Waals surface area contributed by atoms with Crippen molar-refractivity contribution in [3.8, 4) is 0 Å². The lowest BCUT2D eigenvalue weighted by atomic mass is 10.1. The molecule has 0 aliphatic heterocycles. The smallest absolute Gasteiger partial charge is 0.129 e. The SMILES string of the molecule is CC(C)N(C)CCNCC(O)c1ccccc1F. The topological polar surface area (TPSA) is 35.5 Å². The Hall–Kier alpha value is -0.970. The third-order valence-corrected chi connectivity index (χ3v) is 3.12. The number of nitrogens with zero attached hydrogens (tertiary/aromatic N) is 1. The Balaban J connectivity index is 2.30. The van der Waals surface area contributed by atoms with E-state index in [1.807, 2.05) is 0 Å². The van der Waals surface area contributed by atoms with Crippen LogP contribution in [-0.2, 0) is 0 Å². The number of hydrogen-bond acceptors (Lipinski definition) is 3. The highest BCUT2D eigenvalue weighted by Crippen LogP contribution is 2.15. The van der Waals surface area contributed by atoms with Crippen LogP contribution in [-0.4, -0.2) is 42.7 Å². The number of benzene rings is 1. The Morgan fingerprint density at radius 1 is 1.33 bits per heavy atom. The van der Waals surface area contributed by atoms with Crippen LogP contribution in [0.1, 0.15) is 25.5 Å². The highest BCUT2D eigenvalue weighted by molar-refractivity contribution is 5.19. The van der Waals surface area contributed by atoms with Crippen molar-refractivity contribution in [3.63, 3.8) is 0 Å². The first-order chi connectivity index (χ1) is 8.52. The van der Waals surface area contributed by atoms with Crippen molar-refractivity contribution in [3.05, 3.63) is 35.6 Å². The van der Waals surface area contributed by atoms with Gasteiger partial charge in [0, 0.05) is 31.2 Å². The molecule has 0 radical (unpaired) electrons. The molecule has 0 fully saturated rings. The molecule has 18 heavy (non-hydrogen) atoms. The van der Waals surface area contributed by atoms with E-state index >= 15 is 0 Å². The van der Waals surface area contributed by atoms with E-state index in [1.165, 1.54) is 6.07 Å². The molecule has 0 aliphatic rings. The van der Waals surface area contributed by atoms with Crippen molar-refractivity contribution < 1.29 is 9.50 Å². The second kappa shape index (κ2) is 7.46. The summed E-state index contributed by atoms with van der Waals surface area (Å²) in [6.45, 7) is 6.32. The fraction of sp³-hybridized carbons (Fsp3) is 0.571. The van der Waals surface area contributed by atoms with Gasteiger partial charge in [-0.15, -0.1) is 0 Å². The van der Waals surface area contributed by atoms with Gasteiger partial charge < -0.3 is 15.3 Å². The summed E-state index contributed by atoms with van der Waals surface area (Å²) in [5.41, 5.74) is 0.349. The Labute approximate surface area is 109 Å². The summed E-state index contributed by atoms with van der Waals surface area (Å²) in [5, 5.41) is 13.0. The third-order valence-electron chi connectivity index (χ3n) is 3.12. The molecular formula is C14H23FN2O. The van der Waals surface area contributed by atoms with E-state index in [1.54, 1.807) is 18.2 Å². The molecular weight excluding hydrogens is 231 g/mol. The summed E-state index contributed by atoms with van der Waals surface area (Å²) in [4.78, 5) is 2.21. The van der Waals surface area contributed by atoms with Crippen molar-refractivity contribution in [2.24, 2.45) is 0 Å². The molecule has 1 unspecified atom stereocenters. The molecule has 1 aromatic carbocycles. The molecule has 0 saturated heterocycles. The molecule has 2 N–H and O–H groups in total. The Morgan fingerprint density at radius 3 is 2.61 bits per heavy atom. The molecule has 0 aromatic heterocycles. The van der Waals surface area contributed by atoms with Crippen LogP contribution in [0, 0.1) is 5.82 Å². The van der Waals surface area contributed by atoms with Gasteiger partial charge in [-0.3, -0.25) is 0 Å². The standard InChI is InChI=1S/C14H23FN2O/c1-11(2)17(3)9-8-16-10-14(18)12-6-4-5-7-13(12)15/h4-7,11,14,16,18H,8-10H2,1-3H3. The molecule has 1 aromatic rings. The minimum atomic E-state index is -0.796. The summed E-state index contributed by atoms with van der Waals surface area (Å²) in [6, 6.07) is 6.83. The van der Waals surface area contributed by atoms with E-state index in [4.69, 9.17) is 0 Å². The monoisotopic (exact) mass is 254 g/mol. The molecule has 0 saturated carbocycles. The predicted molar refractivity (Wildman–Crippen MR) is 72.0 cm³/mol. The zero-order chi connectivity index (χ0) is 13.5. The van der Waals surface area contributed by atoms with E-state index in [9.17, 15) is 9.50 Å². The van der Waals surface area contributed by atoms with E-state index in [0.717, 1.165) is 13.1 Å². The quantitative estimate of drug-likeness (QED) is 0.728. The van der Waals surface area contributed by atoms with Gasteiger partial charge in [-0.05, 0) is 27.0 Å². The lowest BCUT2D eigenvalue weighted by Crippen LogP contribution is -2.35. The highest BCUT2D eigenvalue weighted by atomic mass is 19.1. The minimum absolute atomic E-state index is 0.349. The fourth-order valence-electron chi connectivity index (χ4n) is 1.61. The molecule has 0 amide bonds. The number of rotatable bonds is 7. The summed E-state index contributed by atoms with van der Waals surface area (Å²) < 4.78 is 13.4. The molecule has 1 atom stereocenters. The largest absolute Gasteiger partial charge is 0.387 e. The van der Waals surface area contributed by atoms with Crippen LogP contribution < -0.4 is 5.32 Å². The first kappa shape index (κ1) is 15.1. The molecule has 102 valence electrons. The number of hydrogen-bond donors (Lipinski definition) is 2. The van der Waals surface area contributed by atoms with E-state index in [0.29, 0.717) is 18.2 Å². The van der Waals surface area contributed by atoms with E-state index in [2.05, 4.69) is 31.1 Å². The summed E-state index contributed by atoms with van der Waals surface area (Å²) in [5.74, 6) is -0.355. The van der Waals surface area contributed by atoms with Crippen molar-refractivity contribution in [1.29, 1.82) is 0 Å². The van der Waals surface area contributed by atoms with Crippen LogP contribution >= 0.6 is 0 Å². The lowest BCUT2D eigenvalue weighted by Gasteiger charge is -2.21. The van der Waals surface area contributed by atoms with Crippen LogP contribution in [0.25, 0.3) is 0 Å². The molecule has 0 spiro atoms. The maximum absolute atomic E-state index is 13.4. The molecule has 1 rings (SSSR count). The van der Waals surface area contributed by atoms with Crippen molar-refractivity contribution in [2.75, 3.05) is 26.7 Å². The number of likely N-dealkylation sites (N-methyl/N-ethyl adjacent to an activating group) is 1. The van der Waals surface area contributed by atoms with Crippen LogP contribution in [0.3, 0.4) is 0 Å². The van der Waals surface area contributed by atoms with Gasteiger partial charge in [-0.2, -0.15) is 0 Å². The average Bonchev–Trinajstić information content (AvgIpc) is 2.34. The first-order valence-corrected chi connectivity index (χ1v) is 6.35. The van der Waals surface area contributed by atoms with Gasteiger partial charge in [0.05, 0.1) is 6.10 Å². The number of nitrogens with one attached hydrogen (secondary N) is 1. The van der Waals surface area contributed by atoms with Crippen LogP contribution in [0.5, 0.6) is 0 Å². The van der Waals surface area contributed by atoms with Gasteiger partial charge >= 0.3 is 0 Å². The lowest BCUT2D eigenvalue weighted by molar-refractivity contribution is 0.167. The second-order valence-electron chi connectivity index (χ2n) is 4.82. The van der Waals surface area contributed by atoms with Crippen molar-refractivity contribution >= 4 is 0 Å². The minimum Gasteiger partial charge on any atom is -0.387 e. The van der Waals surface area contributed by atoms with Crippen LogP contribution in [0.4, 0.5) is 4.39 Å². The van der Waals surface area contributed by atoms with Crippen LogP contribution in [0.15, 0.2) is 24.3 Å². The number of aliphatic hydroxyl groups is 1. The Kier molecular flexibility index (Phi) is 6.25. The van der Waals surface area contributed by atoms with Gasteiger partial charge in [-0.25, -0.2) is 4.39 Å². The number of aliphatic hydroxyl groups excluding tert-OH is 1. The first-order valence-electron chi connectivity index (χ1n) is 6.35. The Morgan fingerprint density at radius 2 is 2.00 bits per heavy atom. The highest BCUT2D eigenvalue weighted by Gasteiger charge is 2.11. The van der Waals surface area contributed by atoms with Crippen molar-refractivity contribution in [1.82, 2.24) is 10.2 Å². The van der Waals surface area contributed by atoms with Gasteiger partial charge in [0.1, 0.15) is 5.82 Å². The zero-order valence-corrected chi connectivity index (χ0v) is 11.4. The van der Waals surface area contributed by atoms with Crippen LogP contribution in [0.2, 0.25) is 0 Å². The molecule has 0 heterocycles. The predicted octanol–water partition coefficient (Wildman–Crippen LogP) is 1.79. The normalized spacial score (nSPS) is 13.3. The van der Waals surface area contributed by atoms with Gasteiger partial charge in [-0.1, -0.05) is 18.2 Å². The number of halogens is 1. The maximum atomic E-state index is 13.4. The summed E-state index contributed by atoms with van der Waals surface area (Å²) in [7, 11) is 2.06. The van der Waals surface area contributed by atoms with Gasteiger partial charge in [0.15, 0.2) is 0 Å². The molecule has 4 heteroatoms. The second-order valence-corrected chi connectivity index (χ2v) is 4.82. The fourth-order valence-corrected chi connectivity index (χ4v) is 1.61. The van der Waals surface area contributed by atoms with E-state index < -0.39 is 6.10 Å². The Bertz CT molecular complexity index is 357. The zero-order valence-electron chi connectivity index (χ0n) is 11.4.